The van der Waals surface area contributed by atoms with Gasteiger partial charge in [-0.2, -0.15) is 0 Å². The molecule has 2 fully saturated rings. The summed E-state index contributed by atoms with van der Waals surface area (Å²) in [6.07, 6.45) is 12.9. The number of hydrogen-bond donors (Lipinski definition) is 0. The minimum atomic E-state index is 0.167. The van der Waals surface area contributed by atoms with Crippen molar-refractivity contribution >= 4 is 43.9 Å². The van der Waals surface area contributed by atoms with Crippen LogP contribution >= 0.6 is 0 Å². The third kappa shape index (κ3) is 12.9. The van der Waals surface area contributed by atoms with E-state index in [-0.39, 0.29) is 10.8 Å². The molecule has 24 rings (SSSR count). The summed E-state index contributed by atoms with van der Waals surface area (Å²) in [6.45, 7) is 0. The third-order valence-electron chi connectivity index (χ3n) is 26.3. The fourth-order valence-corrected chi connectivity index (χ4v) is 20.2. The van der Waals surface area contributed by atoms with E-state index < -0.39 is 0 Å². The summed E-state index contributed by atoms with van der Waals surface area (Å²) in [7, 11) is 0. The van der Waals surface area contributed by atoms with Gasteiger partial charge < -0.3 is 8.83 Å². The van der Waals surface area contributed by atoms with Gasteiger partial charge in [-0.15, -0.1) is 0 Å². The van der Waals surface area contributed by atoms with Crippen molar-refractivity contribution < 1.29 is 8.83 Å². The standard InChI is InChI=1S/2C57H41N3O/c1-3-13-37(14-4-1)41-16-12-18-44(34-41)55-58-54(59-56(60-55)45-27-29-48-47-20-6-8-22-52(47)61-53(48)36-45)39-25-23-38(24-26-39)40-15-11-17-42(33-40)43-28-30-51-49(35-43)46-19-5-7-21-50(46)57(51)31-9-2-10-32-57;1-3-12-37(13-4-1)38-20-24-40(25-21-38)54-58-55(60-56(59-54)45-29-31-53-49(36-45)47-17-6-8-19-52(47)61-53)41-26-22-39(23-27-41)42-14-11-15-43(34-42)44-28-30-51-48(35-44)46-16-5-7-18-50(46)57(51)32-9-2-10-33-57/h1,3-8,11-30,33-36H,2,9-10,31-32H2;1,3-8,11-31,34-36H,2,9-10,32-33H2. The Kier molecular flexibility index (Phi) is 17.9. The van der Waals surface area contributed by atoms with Crippen LogP contribution in [0.2, 0.25) is 0 Å². The van der Waals surface area contributed by atoms with Crippen LogP contribution in [-0.4, -0.2) is 29.9 Å². The SMILES string of the molecule is c1ccc(-c2ccc(-c3nc(-c4ccc(-c5cccc(-c6ccc7c(c6)-c6ccccc6C76CCCCC6)c5)cc4)nc(-c4ccc5oc6ccccc6c5c4)n3)cc2)cc1.c1ccc(-c2cccc(-c3nc(-c4ccc(-c5cccc(-c6ccc7c(c6)-c6ccccc6C76CCCCC6)c5)cc4)nc(-c4ccc5c(c4)oc4ccccc45)n3)c2)cc1. The zero-order valence-corrected chi connectivity index (χ0v) is 67.4. The Morgan fingerprint density at radius 3 is 0.918 bits per heavy atom. The maximum Gasteiger partial charge on any atom is 0.164 e. The second kappa shape index (κ2) is 30.2. The Morgan fingerprint density at radius 2 is 0.443 bits per heavy atom. The molecule has 0 unspecified atom stereocenters. The molecule has 20 aromatic rings. The fraction of sp³-hybridized carbons (Fsp3) is 0.105. The lowest BCUT2D eigenvalue weighted by Crippen LogP contribution is -2.27. The minimum Gasteiger partial charge on any atom is -0.456 e. The predicted molar refractivity (Wildman–Crippen MR) is 498 cm³/mol. The van der Waals surface area contributed by atoms with Crippen molar-refractivity contribution in [3.05, 3.63) is 398 Å². The smallest absolute Gasteiger partial charge is 0.164 e. The number of nitrogens with zero attached hydrogens (tertiary/aromatic N) is 6. The quantitative estimate of drug-likeness (QED) is 0.119. The van der Waals surface area contributed by atoms with Gasteiger partial charge in [0.1, 0.15) is 22.3 Å². The molecule has 0 saturated heterocycles. The van der Waals surface area contributed by atoms with E-state index in [9.17, 15) is 0 Å². The molecule has 122 heavy (non-hydrogen) atoms. The number of rotatable bonds is 12. The summed E-state index contributed by atoms with van der Waals surface area (Å²) < 4.78 is 12.4. The summed E-state index contributed by atoms with van der Waals surface area (Å²) in [4.78, 5) is 30.6. The molecule has 4 heterocycles. The Hall–Kier alpha value is -14.9. The van der Waals surface area contributed by atoms with Crippen LogP contribution in [0.15, 0.2) is 385 Å². The Bertz CT molecular complexity index is 7440. The first-order chi connectivity index (χ1) is 60.3. The van der Waals surface area contributed by atoms with Crippen molar-refractivity contribution in [2.45, 2.75) is 75.0 Å². The van der Waals surface area contributed by atoms with Crippen LogP contribution in [0.3, 0.4) is 0 Å². The Labute approximate surface area is 708 Å². The van der Waals surface area contributed by atoms with Crippen molar-refractivity contribution in [1.29, 1.82) is 0 Å². The molecule has 2 spiro atoms. The van der Waals surface area contributed by atoms with Crippen LogP contribution in [0.1, 0.15) is 86.5 Å². The predicted octanol–water partition coefficient (Wildman–Crippen LogP) is 30.0. The highest BCUT2D eigenvalue weighted by molar-refractivity contribution is 6.07. The zero-order chi connectivity index (χ0) is 80.7. The number of aromatic nitrogens is 6. The van der Waals surface area contributed by atoms with Crippen LogP contribution < -0.4 is 0 Å². The lowest BCUT2D eigenvalue weighted by atomic mass is 9.68. The molecule has 16 aromatic carbocycles. The van der Waals surface area contributed by atoms with Crippen LogP contribution in [0.5, 0.6) is 0 Å². The molecule has 0 atom stereocenters. The lowest BCUT2D eigenvalue weighted by Gasteiger charge is -2.36. The molecule has 580 valence electrons. The summed E-state index contributed by atoms with van der Waals surface area (Å²) in [5, 5.41) is 4.26. The highest BCUT2D eigenvalue weighted by Gasteiger charge is 2.45. The highest BCUT2D eigenvalue weighted by atomic mass is 16.3. The van der Waals surface area contributed by atoms with Crippen molar-refractivity contribution in [2.24, 2.45) is 0 Å². The molecule has 0 bridgehead atoms. The van der Waals surface area contributed by atoms with Gasteiger partial charge >= 0.3 is 0 Å². The van der Waals surface area contributed by atoms with Crippen LogP contribution in [0, 0.1) is 0 Å². The Morgan fingerprint density at radius 1 is 0.164 bits per heavy atom. The number of para-hydroxylation sites is 2. The van der Waals surface area contributed by atoms with E-state index in [1.54, 1.807) is 0 Å². The molecule has 2 saturated carbocycles. The maximum atomic E-state index is 6.29. The van der Waals surface area contributed by atoms with Crippen LogP contribution in [0.4, 0.5) is 0 Å². The van der Waals surface area contributed by atoms with Gasteiger partial charge in [0.05, 0.1) is 0 Å². The van der Waals surface area contributed by atoms with Gasteiger partial charge in [0, 0.05) is 65.8 Å². The molecule has 8 heteroatoms. The second-order valence-electron chi connectivity index (χ2n) is 33.3. The first kappa shape index (κ1) is 72.4. The van der Waals surface area contributed by atoms with E-state index in [1.165, 1.54) is 148 Å². The first-order valence-electron chi connectivity index (χ1n) is 42.9. The summed E-state index contributed by atoms with van der Waals surface area (Å²) in [5.41, 5.74) is 35.0. The van der Waals surface area contributed by atoms with E-state index in [1.807, 2.05) is 66.7 Å². The molecule has 0 aliphatic heterocycles. The largest absolute Gasteiger partial charge is 0.456 e. The third-order valence-corrected chi connectivity index (χ3v) is 26.3. The average molecular weight is 1570 g/mol. The van der Waals surface area contributed by atoms with Crippen molar-refractivity contribution in [3.63, 3.8) is 0 Å². The number of benzene rings is 16. The van der Waals surface area contributed by atoms with Gasteiger partial charge in [-0.05, 0) is 210 Å². The molecule has 0 amide bonds. The Balaban J connectivity index is 0.000000142. The van der Waals surface area contributed by atoms with E-state index in [4.69, 9.17) is 38.7 Å². The van der Waals surface area contributed by atoms with E-state index >= 15 is 0 Å². The normalized spacial score (nSPS) is 14.0. The van der Waals surface area contributed by atoms with E-state index in [2.05, 4.69) is 309 Å². The summed E-state index contributed by atoms with van der Waals surface area (Å²) in [5.74, 6) is 3.69. The molecule has 0 N–H and O–H groups in total. The number of fused-ring (bicyclic) bond motifs is 16. The molecular formula is C114H82N6O2. The van der Waals surface area contributed by atoms with Crippen molar-refractivity contribution in [3.8, 4) is 157 Å². The van der Waals surface area contributed by atoms with Gasteiger partial charge in [0.25, 0.3) is 0 Å². The monoisotopic (exact) mass is 1570 g/mol. The van der Waals surface area contributed by atoms with Gasteiger partial charge in [-0.1, -0.05) is 342 Å². The van der Waals surface area contributed by atoms with Gasteiger partial charge in [-0.3, -0.25) is 0 Å². The van der Waals surface area contributed by atoms with E-state index in [0.29, 0.717) is 34.9 Å². The summed E-state index contributed by atoms with van der Waals surface area (Å²) >= 11 is 0. The van der Waals surface area contributed by atoms with Gasteiger partial charge in [0.2, 0.25) is 0 Å². The molecule has 4 aliphatic rings. The van der Waals surface area contributed by atoms with E-state index in [0.717, 1.165) is 105 Å². The lowest BCUT2D eigenvalue weighted by molar-refractivity contribution is 0.353. The maximum absolute atomic E-state index is 6.29. The van der Waals surface area contributed by atoms with Crippen molar-refractivity contribution in [1.82, 2.24) is 29.9 Å². The van der Waals surface area contributed by atoms with Gasteiger partial charge in [0.15, 0.2) is 34.9 Å². The molecule has 0 radical (unpaired) electrons. The van der Waals surface area contributed by atoms with Gasteiger partial charge in [-0.25, -0.2) is 29.9 Å². The second-order valence-corrected chi connectivity index (χ2v) is 33.3. The zero-order valence-electron chi connectivity index (χ0n) is 67.4. The fourth-order valence-electron chi connectivity index (χ4n) is 20.2. The molecule has 8 nitrogen and oxygen atoms in total. The number of hydrogen-bond acceptors (Lipinski definition) is 8. The van der Waals surface area contributed by atoms with Crippen LogP contribution in [0.25, 0.3) is 201 Å². The number of furan rings is 2. The van der Waals surface area contributed by atoms with Crippen LogP contribution in [-0.2, 0) is 10.8 Å². The molecule has 4 aromatic heterocycles. The topological polar surface area (TPSA) is 104 Å². The molecule has 4 aliphatic carbocycles. The average Bonchev–Trinajstić information content (AvgIpc) is 1.56. The minimum absolute atomic E-state index is 0.167. The molecular weight excluding hydrogens is 1490 g/mol. The van der Waals surface area contributed by atoms with Crippen molar-refractivity contribution in [2.75, 3.05) is 0 Å². The highest BCUT2D eigenvalue weighted by Crippen LogP contribution is 2.58. The first-order valence-corrected chi connectivity index (χ1v) is 42.9. The summed E-state index contributed by atoms with van der Waals surface area (Å²) in [6, 6.07) is 134.